The molecule has 0 radical (unpaired) electrons. The van der Waals surface area contributed by atoms with Gasteiger partial charge in [0.1, 0.15) is 0 Å². The van der Waals surface area contributed by atoms with Crippen LogP contribution in [0.1, 0.15) is 32.6 Å². The first-order chi connectivity index (χ1) is 5.31. The molecular weight excluding hydrogens is 138 g/mol. The zero-order valence-corrected chi connectivity index (χ0v) is 6.95. The van der Waals surface area contributed by atoms with E-state index in [4.69, 9.17) is 10.4 Å². The fraction of sp³-hybridized carbons (Fsp3) is 0.667. The van der Waals surface area contributed by atoms with Gasteiger partial charge in [0, 0.05) is 6.08 Å². The van der Waals surface area contributed by atoms with Crippen LogP contribution in [0.25, 0.3) is 0 Å². The Labute approximate surface area is 68.2 Å². The summed E-state index contributed by atoms with van der Waals surface area (Å²) in [6.07, 6.45) is 6.55. The van der Waals surface area contributed by atoms with Crippen LogP contribution in [0.5, 0.6) is 0 Å². The van der Waals surface area contributed by atoms with Crippen molar-refractivity contribution in [1.29, 1.82) is 5.26 Å². The predicted octanol–water partition coefficient (Wildman–Crippen LogP) is 2.01. The zero-order valence-electron chi connectivity index (χ0n) is 6.95. The lowest BCUT2D eigenvalue weighted by Gasteiger charge is -2.02. The topological polar surface area (TPSA) is 44.0 Å². The number of rotatable bonds is 5. The van der Waals surface area contributed by atoms with Gasteiger partial charge >= 0.3 is 0 Å². The molecule has 0 aromatic rings. The Hall–Kier alpha value is -0.810. The molecule has 0 saturated heterocycles. The Kier molecular flexibility index (Phi) is 6.76. The van der Waals surface area contributed by atoms with E-state index in [0.717, 1.165) is 25.7 Å². The molecule has 2 nitrogen and oxygen atoms in total. The average molecular weight is 153 g/mol. The van der Waals surface area contributed by atoms with E-state index in [2.05, 4.69) is 6.92 Å². The van der Waals surface area contributed by atoms with Crippen LogP contribution >= 0.6 is 0 Å². The molecule has 0 heterocycles. The molecule has 0 aliphatic rings. The number of aliphatic hydroxyl groups excluding tert-OH is 1. The van der Waals surface area contributed by atoms with E-state index < -0.39 is 6.10 Å². The fourth-order valence-corrected chi connectivity index (χ4v) is 0.854. The zero-order chi connectivity index (χ0) is 8.53. The van der Waals surface area contributed by atoms with Crippen molar-refractivity contribution in [3.05, 3.63) is 12.2 Å². The van der Waals surface area contributed by atoms with Crippen LogP contribution in [0.15, 0.2) is 12.2 Å². The SMILES string of the molecule is CCCCC[C@H](O)/C=C/C#N. The van der Waals surface area contributed by atoms with Gasteiger partial charge in [-0.1, -0.05) is 26.2 Å². The molecular formula is C9H15NO. The summed E-state index contributed by atoms with van der Waals surface area (Å²) in [4.78, 5) is 0. The van der Waals surface area contributed by atoms with Crippen molar-refractivity contribution in [2.45, 2.75) is 38.7 Å². The Morgan fingerprint density at radius 2 is 2.27 bits per heavy atom. The van der Waals surface area contributed by atoms with E-state index in [-0.39, 0.29) is 0 Å². The largest absolute Gasteiger partial charge is 0.389 e. The van der Waals surface area contributed by atoms with Crippen LogP contribution in [0.2, 0.25) is 0 Å². The molecule has 0 saturated carbocycles. The third kappa shape index (κ3) is 7.08. The molecule has 0 aromatic carbocycles. The molecule has 0 spiro atoms. The van der Waals surface area contributed by atoms with Crippen LogP contribution in [0.3, 0.4) is 0 Å². The number of allylic oxidation sites excluding steroid dienone is 1. The summed E-state index contributed by atoms with van der Waals surface area (Å²) in [5.74, 6) is 0. The van der Waals surface area contributed by atoms with Gasteiger partial charge in [0.15, 0.2) is 0 Å². The van der Waals surface area contributed by atoms with Gasteiger partial charge in [-0.3, -0.25) is 0 Å². The van der Waals surface area contributed by atoms with Crippen molar-refractivity contribution in [2.24, 2.45) is 0 Å². The van der Waals surface area contributed by atoms with E-state index in [1.165, 1.54) is 12.2 Å². The van der Waals surface area contributed by atoms with Gasteiger partial charge in [-0.2, -0.15) is 5.26 Å². The molecule has 0 rings (SSSR count). The van der Waals surface area contributed by atoms with E-state index in [1.54, 1.807) is 0 Å². The molecule has 62 valence electrons. The van der Waals surface area contributed by atoms with E-state index in [9.17, 15) is 0 Å². The second-order valence-corrected chi connectivity index (χ2v) is 2.55. The first-order valence-electron chi connectivity index (χ1n) is 4.05. The van der Waals surface area contributed by atoms with Crippen molar-refractivity contribution in [1.82, 2.24) is 0 Å². The minimum Gasteiger partial charge on any atom is -0.389 e. The summed E-state index contributed by atoms with van der Waals surface area (Å²) < 4.78 is 0. The normalized spacial score (nSPS) is 13.2. The van der Waals surface area contributed by atoms with Gasteiger partial charge in [-0.25, -0.2) is 0 Å². The Morgan fingerprint density at radius 1 is 1.55 bits per heavy atom. The molecule has 0 aliphatic carbocycles. The van der Waals surface area contributed by atoms with E-state index >= 15 is 0 Å². The molecule has 0 unspecified atom stereocenters. The molecule has 0 amide bonds. The lowest BCUT2D eigenvalue weighted by atomic mass is 10.1. The first-order valence-corrected chi connectivity index (χ1v) is 4.05. The minimum atomic E-state index is -0.429. The molecule has 11 heavy (non-hydrogen) atoms. The second kappa shape index (κ2) is 7.30. The lowest BCUT2D eigenvalue weighted by molar-refractivity contribution is 0.208. The highest BCUT2D eigenvalue weighted by atomic mass is 16.3. The van der Waals surface area contributed by atoms with Crippen molar-refractivity contribution < 1.29 is 5.11 Å². The molecule has 0 aromatic heterocycles. The van der Waals surface area contributed by atoms with Crippen molar-refractivity contribution in [3.8, 4) is 6.07 Å². The van der Waals surface area contributed by atoms with Crippen molar-refractivity contribution >= 4 is 0 Å². The quantitative estimate of drug-likeness (QED) is 0.485. The average Bonchev–Trinajstić information content (AvgIpc) is 2.01. The van der Waals surface area contributed by atoms with Crippen LogP contribution < -0.4 is 0 Å². The molecule has 1 N–H and O–H groups in total. The van der Waals surface area contributed by atoms with Gasteiger partial charge in [-0.15, -0.1) is 0 Å². The maximum atomic E-state index is 9.17. The number of hydrogen-bond acceptors (Lipinski definition) is 2. The third-order valence-electron chi connectivity index (χ3n) is 1.50. The summed E-state index contributed by atoms with van der Waals surface area (Å²) in [7, 11) is 0. The predicted molar refractivity (Wildman–Crippen MR) is 44.9 cm³/mol. The maximum Gasteiger partial charge on any atom is 0.0909 e. The number of nitrogens with zero attached hydrogens (tertiary/aromatic N) is 1. The number of unbranched alkanes of at least 4 members (excludes halogenated alkanes) is 2. The summed E-state index contributed by atoms with van der Waals surface area (Å²) in [5.41, 5.74) is 0. The van der Waals surface area contributed by atoms with Gasteiger partial charge in [0.05, 0.1) is 12.2 Å². The van der Waals surface area contributed by atoms with Crippen LogP contribution in [-0.4, -0.2) is 11.2 Å². The molecule has 0 aliphatic heterocycles. The highest BCUT2D eigenvalue weighted by Gasteiger charge is 1.96. The standard InChI is InChI=1S/C9H15NO/c1-2-3-4-6-9(11)7-5-8-10/h5,7,9,11H,2-4,6H2,1H3/b7-5+/t9-/m0/s1. The van der Waals surface area contributed by atoms with Crippen molar-refractivity contribution in [2.75, 3.05) is 0 Å². The van der Waals surface area contributed by atoms with Gasteiger partial charge in [0.25, 0.3) is 0 Å². The van der Waals surface area contributed by atoms with Crippen LogP contribution in [0.4, 0.5) is 0 Å². The number of aliphatic hydroxyl groups is 1. The van der Waals surface area contributed by atoms with Crippen LogP contribution in [0, 0.1) is 11.3 Å². The highest BCUT2D eigenvalue weighted by Crippen LogP contribution is 2.03. The molecule has 0 fully saturated rings. The van der Waals surface area contributed by atoms with Gasteiger partial charge in [-0.05, 0) is 12.5 Å². The second-order valence-electron chi connectivity index (χ2n) is 2.55. The fourth-order valence-electron chi connectivity index (χ4n) is 0.854. The van der Waals surface area contributed by atoms with E-state index in [0.29, 0.717) is 0 Å². The Bertz CT molecular complexity index is 146. The molecule has 0 bridgehead atoms. The maximum absolute atomic E-state index is 9.17. The van der Waals surface area contributed by atoms with Gasteiger partial charge < -0.3 is 5.11 Å². The summed E-state index contributed by atoms with van der Waals surface area (Å²) >= 11 is 0. The van der Waals surface area contributed by atoms with Gasteiger partial charge in [0.2, 0.25) is 0 Å². The van der Waals surface area contributed by atoms with E-state index in [1.807, 2.05) is 6.07 Å². The molecule has 1 atom stereocenters. The van der Waals surface area contributed by atoms with Crippen LogP contribution in [-0.2, 0) is 0 Å². The Balaban J connectivity index is 3.31. The number of hydrogen-bond donors (Lipinski definition) is 1. The number of nitriles is 1. The summed E-state index contributed by atoms with van der Waals surface area (Å²) in [5, 5.41) is 17.3. The smallest absolute Gasteiger partial charge is 0.0909 e. The highest BCUT2D eigenvalue weighted by molar-refractivity contribution is 5.04. The lowest BCUT2D eigenvalue weighted by Crippen LogP contribution is -2.00. The molecule has 2 heteroatoms. The monoisotopic (exact) mass is 153 g/mol. The first kappa shape index (κ1) is 10.2. The summed E-state index contributed by atoms with van der Waals surface area (Å²) in [6.45, 7) is 2.12. The summed E-state index contributed by atoms with van der Waals surface area (Å²) in [6, 6.07) is 1.85. The van der Waals surface area contributed by atoms with Crippen molar-refractivity contribution in [3.63, 3.8) is 0 Å². The minimum absolute atomic E-state index is 0.429. The Morgan fingerprint density at radius 3 is 2.82 bits per heavy atom. The third-order valence-corrected chi connectivity index (χ3v) is 1.50.